The van der Waals surface area contributed by atoms with Gasteiger partial charge in [0.1, 0.15) is 5.82 Å². The van der Waals surface area contributed by atoms with Crippen molar-refractivity contribution < 1.29 is 18.7 Å². The molecule has 0 atom stereocenters. The highest BCUT2D eigenvalue weighted by Crippen LogP contribution is 2.31. The molecule has 0 aliphatic carbocycles. The van der Waals surface area contributed by atoms with Gasteiger partial charge in [0.25, 0.3) is 0 Å². The molecule has 2 aromatic rings. The van der Waals surface area contributed by atoms with Gasteiger partial charge in [0, 0.05) is 22.3 Å². The summed E-state index contributed by atoms with van der Waals surface area (Å²) in [5.74, 6) is -0.806. The lowest BCUT2D eigenvalue weighted by atomic mass is 10.0. The van der Waals surface area contributed by atoms with Gasteiger partial charge in [-0.25, -0.2) is 4.39 Å². The number of benzene rings is 2. The van der Waals surface area contributed by atoms with Crippen molar-refractivity contribution in [1.29, 1.82) is 0 Å². The number of ether oxygens (including phenoxy) is 2. The Labute approximate surface area is 126 Å². The van der Waals surface area contributed by atoms with Crippen LogP contribution in [-0.2, 0) is 0 Å². The van der Waals surface area contributed by atoms with Crippen LogP contribution in [0.3, 0.4) is 0 Å². The van der Waals surface area contributed by atoms with E-state index in [1.54, 1.807) is 0 Å². The number of nitrogens with two attached hydrogens (primary N) is 1. The van der Waals surface area contributed by atoms with Gasteiger partial charge in [0.05, 0.1) is 19.8 Å². The van der Waals surface area contributed by atoms with Gasteiger partial charge in [-0.15, -0.1) is 0 Å². The van der Waals surface area contributed by atoms with Gasteiger partial charge < -0.3 is 15.2 Å². The van der Waals surface area contributed by atoms with Crippen LogP contribution >= 0.6 is 11.6 Å². The predicted molar refractivity (Wildman–Crippen MR) is 78.8 cm³/mol. The second kappa shape index (κ2) is 6.01. The molecule has 0 aromatic heterocycles. The molecule has 0 heterocycles. The second-order valence-electron chi connectivity index (χ2n) is 4.25. The van der Waals surface area contributed by atoms with Crippen LogP contribution in [0.1, 0.15) is 15.9 Å². The first-order chi connectivity index (χ1) is 9.97. The number of halogens is 2. The Balaban J connectivity index is 2.53. The average molecular weight is 310 g/mol. The third-order valence-electron chi connectivity index (χ3n) is 2.98. The van der Waals surface area contributed by atoms with Crippen molar-refractivity contribution in [3.05, 3.63) is 52.3 Å². The second-order valence-corrected chi connectivity index (χ2v) is 4.68. The van der Waals surface area contributed by atoms with Crippen LogP contribution in [0.2, 0.25) is 5.02 Å². The Kier molecular flexibility index (Phi) is 4.33. The monoisotopic (exact) mass is 309 g/mol. The zero-order chi connectivity index (χ0) is 15.6. The van der Waals surface area contributed by atoms with E-state index in [1.807, 2.05) is 0 Å². The molecule has 0 spiro atoms. The maximum Gasteiger partial charge on any atom is 0.198 e. The molecule has 6 heteroatoms. The molecule has 2 rings (SSSR count). The van der Waals surface area contributed by atoms with E-state index >= 15 is 0 Å². The fraction of sp³-hybridized carbons (Fsp3) is 0.133. The molecule has 0 aliphatic heterocycles. The van der Waals surface area contributed by atoms with Gasteiger partial charge in [-0.1, -0.05) is 11.6 Å². The predicted octanol–water partition coefficient (Wildman–Crippen LogP) is 3.31. The number of ketones is 1. The molecule has 2 aromatic carbocycles. The number of hydrogen-bond donors (Lipinski definition) is 1. The lowest BCUT2D eigenvalue weighted by Gasteiger charge is -2.11. The summed E-state index contributed by atoms with van der Waals surface area (Å²) in [5.41, 5.74) is 5.96. The minimum absolute atomic E-state index is 0.151. The number of nitrogen functional groups attached to an aromatic ring is 1. The number of carbonyl (C=O) groups is 1. The number of methoxy groups -OCH3 is 2. The van der Waals surface area contributed by atoms with Gasteiger partial charge in [-0.3, -0.25) is 4.79 Å². The van der Waals surface area contributed by atoms with Crippen LogP contribution in [0.15, 0.2) is 30.3 Å². The van der Waals surface area contributed by atoms with Gasteiger partial charge in [-0.2, -0.15) is 0 Å². The first kappa shape index (κ1) is 15.1. The average Bonchev–Trinajstić information content (AvgIpc) is 2.46. The topological polar surface area (TPSA) is 61.5 Å². The molecule has 110 valence electrons. The van der Waals surface area contributed by atoms with Crippen LogP contribution in [0.25, 0.3) is 0 Å². The number of anilines is 1. The molecule has 0 amide bonds. The summed E-state index contributed by atoms with van der Waals surface area (Å²) in [6, 6.07) is 6.79. The minimum atomic E-state index is -0.716. The van der Waals surface area contributed by atoms with Gasteiger partial charge >= 0.3 is 0 Å². The molecule has 0 radical (unpaired) electrons. The maximum atomic E-state index is 14.1. The summed E-state index contributed by atoms with van der Waals surface area (Å²) < 4.78 is 24.1. The molecule has 0 fully saturated rings. The van der Waals surface area contributed by atoms with Crippen molar-refractivity contribution in [3.8, 4) is 11.5 Å². The Bertz CT molecular complexity index is 704. The van der Waals surface area contributed by atoms with E-state index in [9.17, 15) is 9.18 Å². The van der Waals surface area contributed by atoms with Crippen LogP contribution in [0.4, 0.5) is 10.1 Å². The molecular weight excluding hydrogens is 297 g/mol. The fourth-order valence-corrected chi connectivity index (χ4v) is 2.09. The van der Waals surface area contributed by atoms with Crippen molar-refractivity contribution >= 4 is 23.1 Å². The summed E-state index contributed by atoms with van der Waals surface area (Å²) in [6.07, 6.45) is 0. The smallest absolute Gasteiger partial charge is 0.198 e. The molecule has 0 bridgehead atoms. The van der Waals surface area contributed by atoms with Crippen molar-refractivity contribution in [3.63, 3.8) is 0 Å². The van der Waals surface area contributed by atoms with Gasteiger partial charge in [0.15, 0.2) is 17.3 Å². The summed E-state index contributed by atoms with van der Waals surface area (Å²) >= 11 is 5.78. The van der Waals surface area contributed by atoms with Gasteiger partial charge in [-0.05, 0) is 24.3 Å². The lowest BCUT2D eigenvalue weighted by Crippen LogP contribution is -2.08. The van der Waals surface area contributed by atoms with Crippen molar-refractivity contribution in [2.75, 3.05) is 20.0 Å². The number of hydrogen-bond acceptors (Lipinski definition) is 4. The normalized spacial score (nSPS) is 10.3. The Morgan fingerprint density at radius 2 is 1.71 bits per heavy atom. The number of rotatable bonds is 4. The minimum Gasteiger partial charge on any atom is -0.493 e. The van der Waals surface area contributed by atoms with E-state index in [4.69, 9.17) is 26.8 Å². The van der Waals surface area contributed by atoms with E-state index < -0.39 is 11.6 Å². The summed E-state index contributed by atoms with van der Waals surface area (Å²) in [6.45, 7) is 0. The quantitative estimate of drug-likeness (QED) is 0.695. The molecule has 0 saturated heterocycles. The Hall–Kier alpha value is -2.27. The highest BCUT2D eigenvalue weighted by molar-refractivity contribution is 6.31. The van der Waals surface area contributed by atoms with E-state index in [1.165, 1.54) is 38.5 Å². The highest BCUT2D eigenvalue weighted by atomic mass is 35.5. The molecular formula is C15H13ClFNO3. The third-order valence-corrected chi connectivity index (χ3v) is 3.21. The molecule has 0 aliphatic rings. The van der Waals surface area contributed by atoms with Crippen molar-refractivity contribution in [1.82, 2.24) is 0 Å². The molecule has 2 N–H and O–H groups in total. The van der Waals surface area contributed by atoms with Crippen LogP contribution in [0.5, 0.6) is 11.5 Å². The molecule has 0 saturated carbocycles. The highest BCUT2D eigenvalue weighted by Gasteiger charge is 2.20. The summed E-state index contributed by atoms with van der Waals surface area (Å²) in [7, 11) is 2.79. The van der Waals surface area contributed by atoms with Gasteiger partial charge in [0.2, 0.25) is 0 Å². The van der Waals surface area contributed by atoms with Crippen molar-refractivity contribution in [2.24, 2.45) is 0 Å². The van der Waals surface area contributed by atoms with E-state index in [0.29, 0.717) is 5.02 Å². The maximum absolute atomic E-state index is 14.1. The Morgan fingerprint density at radius 3 is 2.29 bits per heavy atom. The molecule has 21 heavy (non-hydrogen) atoms. The fourth-order valence-electron chi connectivity index (χ4n) is 1.91. The SMILES string of the molecule is COc1cc(F)c(C(=O)c2ccc(Cl)cc2N)cc1OC. The largest absolute Gasteiger partial charge is 0.493 e. The standard InChI is InChI=1S/C15H13ClFNO3/c1-20-13-6-10(11(17)7-14(13)21-2)15(19)9-4-3-8(16)5-12(9)18/h3-7H,18H2,1-2H3. The summed E-state index contributed by atoms with van der Waals surface area (Å²) in [5, 5.41) is 0.400. The number of carbonyl (C=O) groups excluding carboxylic acids is 1. The Morgan fingerprint density at radius 1 is 1.10 bits per heavy atom. The first-order valence-electron chi connectivity index (χ1n) is 5.99. The lowest BCUT2D eigenvalue weighted by molar-refractivity contribution is 0.103. The zero-order valence-electron chi connectivity index (χ0n) is 11.4. The van der Waals surface area contributed by atoms with E-state index in [0.717, 1.165) is 6.07 Å². The molecule has 4 nitrogen and oxygen atoms in total. The summed E-state index contributed by atoms with van der Waals surface area (Å²) in [4.78, 5) is 12.4. The van der Waals surface area contributed by atoms with Crippen molar-refractivity contribution in [2.45, 2.75) is 0 Å². The van der Waals surface area contributed by atoms with E-state index in [2.05, 4.69) is 0 Å². The van der Waals surface area contributed by atoms with Crippen LogP contribution in [0, 0.1) is 5.82 Å². The zero-order valence-corrected chi connectivity index (χ0v) is 12.2. The van der Waals surface area contributed by atoms with Crippen LogP contribution < -0.4 is 15.2 Å². The third kappa shape index (κ3) is 2.92. The van der Waals surface area contributed by atoms with Crippen LogP contribution in [-0.4, -0.2) is 20.0 Å². The molecule has 0 unspecified atom stereocenters. The van der Waals surface area contributed by atoms with E-state index in [-0.39, 0.29) is 28.3 Å². The first-order valence-corrected chi connectivity index (χ1v) is 6.37.